The van der Waals surface area contributed by atoms with Crippen molar-refractivity contribution in [2.45, 2.75) is 25.3 Å². The first-order valence-corrected chi connectivity index (χ1v) is 9.40. The molecule has 0 bridgehead atoms. The normalized spacial score (nSPS) is 18.7. The molecule has 2 rings (SSSR count). The van der Waals surface area contributed by atoms with Gasteiger partial charge in [0.1, 0.15) is 11.4 Å². The zero-order valence-corrected chi connectivity index (χ0v) is 15.8. The Morgan fingerprint density at radius 3 is 2.83 bits per heavy atom. The number of likely N-dealkylation sites (N-methyl/N-ethyl adjacent to an activating group) is 1. The van der Waals surface area contributed by atoms with Crippen LogP contribution in [0.25, 0.3) is 0 Å². The third kappa shape index (κ3) is 4.43. The van der Waals surface area contributed by atoms with Crippen LogP contribution < -0.4 is 0 Å². The minimum atomic E-state index is -0.456. The monoisotopic (exact) mass is 370 g/mol. The predicted octanol–water partition coefficient (Wildman–Crippen LogP) is 2.80. The van der Waals surface area contributed by atoms with Crippen molar-refractivity contribution in [1.82, 2.24) is 9.80 Å². The molecule has 0 N–H and O–H groups in total. The van der Waals surface area contributed by atoms with Crippen LogP contribution in [0.2, 0.25) is 5.02 Å². The van der Waals surface area contributed by atoms with Gasteiger partial charge in [0.05, 0.1) is 13.2 Å². The van der Waals surface area contributed by atoms with E-state index in [1.54, 1.807) is 37.6 Å². The molecule has 0 aromatic heterocycles. The van der Waals surface area contributed by atoms with Crippen LogP contribution in [0.15, 0.2) is 24.3 Å². The Hall–Kier alpha value is -1.24. The largest absolute Gasteiger partial charge is 0.465 e. The minimum absolute atomic E-state index is 0.0106. The maximum Gasteiger partial charge on any atom is 0.323 e. The lowest BCUT2D eigenvalue weighted by molar-refractivity contribution is -0.149. The van der Waals surface area contributed by atoms with Crippen molar-refractivity contribution in [3.8, 4) is 0 Å². The van der Waals surface area contributed by atoms with Gasteiger partial charge < -0.3 is 9.64 Å². The van der Waals surface area contributed by atoms with E-state index in [1.165, 1.54) is 0 Å². The summed E-state index contributed by atoms with van der Waals surface area (Å²) in [5, 5.41) is 0.598. The molecule has 0 saturated carbocycles. The standard InChI is InChI=1S/C17H23ClN2O3S/c1-4-23-17(22)12(2)19(3)11-15(21)20-9-10-24-16(20)13-7-5-6-8-14(13)18/h5-8,12,16H,4,9-11H2,1-3H3/t12-,16-/m1/s1. The van der Waals surface area contributed by atoms with Gasteiger partial charge in [-0.3, -0.25) is 14.5 Å². The fourth-order valence-electron chi connectivity index (χ4n) is 2.54. The lowest BCUT2D eigenvalue weighted by Crippen LogP contribution is -2.44. The molecule has 5 nitrogen and oxygen atoms in total. The van der Waals surface area contributed by atoms with E-state index in [2.05, 4.69) is 0 Å². The van der Waals surface area contributed by atoms with E-state index in [-0.39, 0.29) is 23.8 Å². The second-order valence-electron chi connectivity index (χ2n) is 5.67. The predicted molar refractivity (Wildman–Crippen MR) is 97.1 cm³/mol. The highest BCUT2D eigenvalue weighted by Crippen LogP contribution is 2.40. The summed E-state index contributed by atoms with van der Waals surface area (Å²) in [5.74, 6) is 0.550. The summed E-state index contributed by atoms with van der Waals surface area (Å²) >= 11 is 7.99. The summed E-state index contributed by atoms with van der Waals surface area (Å²) in [6.45, 7) is 4.70. The average molecular weight is 371 g/mol. The number of rotatable bonds is 6. The topological polar surface area (TPSA) is 49.9 Å². The van der Waals surface area contributed by atoms with Gasteiger partial charge in [0.25, 0.3) is 0 Å². The number of amides is 1. The van der Waals surface area contributed by atoms with Gasteiger partial charge >= 0.3 is 5.97 Å². The molecule has 0 spiro atoms. The van der Waals surface area contributed by atoms with Crippen molar-refractivity contribution in [2.24, 2.45) is 0 Å². The number of esters is 1. The number of hydrogen-bond acceptors (Lipinski definition) is 5. The Morgan fingerprint density at radius 1 is 1.46 bits per heavy atom. The minimum Gasteiger partial charge on any atom is -0.465 e. The Labute approximate surface area is 152 Å². The Morgan fingerprint density at radius 2 is 2.17 bits per heavy atom. The maximum absolute atomic E-state index is 12.7. The molecule has 1 saturated heterocycles. The maximum atomic E-state index is 12.7. The van der Waals surface area contributed by atoms with Crippen LogP contribution in [-0.4, -0.2) is 60.2 Å². The van der Waals surface area contributed by atoms with Gasteiger partial charge in [0, 0.05) is 22.9 Å². The number of nitrogens with zero attached hydrogens (tertiary/aromatic N) is 2. The molecular weight excluding hydrogens is 348 g/mol. The van der Waals surface area contributed by atoms with Crippen molar-refractivity contribution in [1.29, 1.82) is 0 Å². The fraction of sp³-hybridized carbons (Fsp3) is 0.529. The van der Waals surface area contributed by atoms with E-state index >= 15 is 0 Å². The van der Waals surface area contributed by atoms with Gasteiger partial charge in [-0.2, -0.15) is 0 Å². The number of carbonyl (C=O) groups is 2. The van der Waals surface area contributed by atoms with Crippen molar-refractivity contribution in [3.05, 3.63) is 34.9 Å². The molecule has 1 heterocycles. The molecule has 2 atom stereocenters. The second kappa shape index (κ2) is 8.74. The van der Waals surface area contributed by atoms with Crippen LogP contribution in [0, 0.1) is 0 Å². The Kier molecular flexibility index (Phi) is 6.95. The number of ether oxygens (including phenoxy) is 1. The molecule has 1 aromatic rings. The highest BCUT2D eigenvalue weighted by molar-refractivity contribution is 7.99. The molecule has 132 valence electrons. The summed E-state index contributed by atoms with van der Waals surface area (Å²) in [4.78, 5) is 28.1. The third-order valence-electron chi connectivity index (χ3n) is 4.06. The van der Waals surface area contributed by atoms with Crippen LogP contribution >= 0.6 is 23.4 Å². The van der Waals surface area contributed by atoms with E-state index in [9.17, 15) is 9.59 Å². The average Bonchev–Trinajstić information content (AvgIpc) is 3.04. The number of carbonyl (C=O) groups excluding carboxylic acids is 2. The first kappa shape index (κ1) is 19.1. The highest BCUT2D eigenvalue weighted by atomic mass is 35.5. The SMILES string of the molecule is CCOC(=O)[C@@H](C)N(C)CC(=O)N1CCS[C@@H]1c1ccccc1Cl. The molecular formula is C17H23ClN2O3S. The zero-order valence-electron chi connectivity index (χ0n) is 14.2. The van der Waals surface area contributed by atoms with Gasteiger partial charge in [0.2, 0.25) is 5.91 Å². The van der Waals surface area contributed by atoms with Crippen molar-refractivity contribution >= 4 is 35.2 Å². The molecule has 1 aliphatic rings. The summed E-state index contributed by atoms with van der Waals surface area (Å²) in [7, 11) is 1.76. The quantitative estimate of drug-likeness (QED) is 0.721. The molecule has 0 unspecified atom stereocenters. The molecule has 1 fully saturated rings. The van der Waals surface area contributed by atoms with Crippen LogP contribution in [0.5, 0.6) is 0 Å². The second-order valence-corrected chi connectivity index (χ2v) is 7.27. The zero-order chi connectivity index (χ0) is 17.7. The molecule has 1 aliphatic heterocycles. The smallest absolute Gasteiger partial charge is 0.323 e. The first-order chi connectivity index (χ1) is 11.5. The van der Waals surface area contributed by atoms with Crippen molar-refractivity contribution in [2.75, 3.05) is 32.5 Å². The summed E-state index contributed by atoms with van der Waals surface area (Å²) in [5.41, 5.74) is 0.955. The Balaban J connectivity index is 2.03. The Bertz CT molecular complexity index is 599. The summed E-state index contributed by atoms with van der Waals surface area (Å²) < 4.78 is 5.01. The van der Waals surface area contributed by atoms with E-state index in [4.69, 9.17) is 16.3 Å². The molecule has 1 amide bonds. The molecule has 0 aliphatic carbocycles. The lowest BCUT2D eigenvalue weighted by atomic mass is 10.2. The van der Waals surface area contributed by atoms with Crippen LogP contribution in [0.4, 0.5) is 0 Å². The van der Waals surface area contributed by atoms with Gasteiger partial charge in [0.15, 0.2) is 0 Å². The van der Waals surface area contributed by atoms with Gasteiger partial charge in [-0.05, 0) is 27.0 Å². The van der Waals surface area contributed by atoms with E-state index in [1.807, 2.05) is 29.2 Å². The number of thioether (sulfide) groups is 1. The first-order valence-electron chi connectivity index (χ1n) is 7.98. The molecule has 24 heavy (non-hydrogen) atoms. The van der Waals surface area contributed by atoms with E-state index in [0.717, 1.165) is 11.3 Å². The van der Waals surface area contributed by atoms with E-state index < -0.39 is 6.04 Å². The summed E-state index contributed by atoms with van der Waals surface area (Å²) in [6.07, 6.45) is 0. The van der Waals surface area contributed by atoms with Crippen molar-refractivity contribution in [3.63, 3.8) is 0 Å². The van der Waals surface area contributed by atoms with Gasteiger partial charge in [-0.15, -0.1) is 11.8 Å². The lowest BCUT2D eigenvalue weighted by Gasteiger charge is -2.28. The fourth-order valence-corrected chi connectivity index (χ4v) is 4.16. The van der Waals surface area contributed by atoms with Crippen LogP contribution in [-0.2, 0) is 14.3 Å². The van der Waals surface area contributed by atoms with Crippen LogP contribution in [0.3, 0.4) is 0 Å². The van der Waals surface area contributed by atoms with Crippen molar-refractivity contribution < 1.29 is 14.3 Å². The summed E-state index contributed by atoms with van der Waals surface area (Å²) in [6, 6.07) is 7.15. The number of halogens is 1. The van der Waals surface area contributed by atoms with Crippen LogP contribution in [0.1, 0.15) is 24.8 Å². The molecule has 1 aromatic carbocycles. The number of hydrogen-bond donors (Lipinski definition) is 0. The van der Waals surface area contributed by atoms with Gasteiger partial charge in [-0.25, -0.2) is 0 Å². The van der Waals surface area contributed by atoms with E-state index in [0.29, 0.717) is 18.2 Å². The third-order valence-corrected chi connectivity index (χ3v) is 5.64. The molecule has 7 heteroatoms. The van der Waals surface area contributed by atoms with Gasteiger partial charge in [-0.1, -0.05) is 29.8 Å². The highest BCUT2D eigenvalue weighted by Gasteiger charge is 2.33. The number of benzene rings is 1. The molecule has 0 radical (unpaired) electrons.